The third-order valence-corrected chi connectivity index (χ3v) is 5.98. The maximum atomic E-state index is 6.30. The smallest absolute Gasteiger partial charge is 0.190 e. The van der Waals surface area contributed by atoms with Crippen molar-refractivity contribution in [3.63, 3.8) is 0 Å². The quantitative estimate of drug-likeness (QED) is 0.699. The van der Waals surface area contributed by atoms with Crippen LogP contribution < -0.4 is 9.47 Å². The molecule has 2 aliphatic rings. The Balaban J connectivity index is 1.60. The van der Waals surface area contributed by atoms with Crippen molar-refractivity contribution in [1.82, 2.24) is 9.78 Å². The maximum Gasteiger partial charge on any atom is 0.190 e. The van der Waals surface area contributed by atoms with Crippen LogP contribution in [0.15, 0.2) is 24.4 Å². The third-order valence-electron chi connectivity index (χ3n) is 4.95. The molecule has 1 aromatic carbocycles. The third kappa shape index (κ3) is 2.01. The summed E-state index contributed by atoms with van der Waals surface area (Å²) in [6, 6.07) is 6.17. The van der Waals surface area contributed by atoms with Crippen molar-refractivity contribution in [2.75, 3.05) is 6.61 Å². The summed E-state index contributed by atoms with van der Waals surface area (Å²) in [7, 11) is 2.01. The summed E-state index contributed by atoms with van der Waals surface area (Å²) < 4.78 is 13.9. The van der Waals surface area contributed by atoms with Gasteiger partial charge in [-0.05, 0) is 42.5 Å². The highest BCUT2D eigenvalue weighted by Gasteiger charge is 2.28. The molecule has 0 saturated carbocycles. The number of rotatable bonds is 2. The molecule has 1 aliphatic carbocycles. The monoisotopic (exact) mass is 338 g/mol. The molecule has 5 rings (SSSR count). The van der Waals surface area contributed by atoms with Crippen LogP contribution in [0.1, 0.15) is 21.6 Å². The van der Waals surface area contributed by atoms with Crippen LogP contribution in [0.25, 0.3) is 11.3 Å². The molecule has 4 nitrogen and oxygen atoms in total. The lowest BCUT2D eigenvalue weighted by Gasteiger charge is -2.16. The first kappa shape index (κ1) is 14.1. The van der Waals surface area contributed by atoms with Gasteiger partial charge in [-0.3, -0.25) is 4.68 Å². The van der Waals surface area contributed by atoms with Gasteiger partial charge in [0.25, 0.3) is 0 Å². The van der Waals surface area contributed by atoms with Gasteiger partial charge in [-0.2, -0.15) is 5.10 Å². The Hall–Kier alpha value is -2.27. The Labute approximate surface area is 144 Å². The van der Waals surface area contributed by atoms with E-state index in [1.54, 1.807) is 11.3 Å². The lowest BCUT2D eigenvalue weighted by Crippen LogP contribution is -2.05. The standard InChI is InChI=1S/C19H18N2O2S/c1-11-15-6-4-13-10-20-21(2)18(13)17(15)19(24-11)23-14-5-3-12-7-8-22-16(12)9-14/h3,5,9-10H,4,6-8H2,1-2H3. The first-order valence-corrected chi connectivity index (χ1v) is 9.09. The van der Waals surface area contributed by atoms with E-state index in [-0.39, 0.29) is 0 Å². The normalized spacial score (nSPS) is 14.8. The summed E-state index contributed by atoms with van der Waals surface area (Å²) in [6.07, 6.45) is 5.09. The molecule has 24 heavy (non-hydrogen) atoms. The van der Waals surface area contributed by atoms with Gasteiger partial charge in [0, 0.05) is 24.4 Å². The van der Waals surface area contributed by atoms with Gasteiger partial charge in [0.05, 0.1) is 24.1 Å². The number of aromatic nitrogens is 2. The Kier molecular flexibility index (Phi) is 3.00. The molecule has 0 N–H and O–H groups in total. The number of hydrogen-bond acceptors (Lipinski definition) is 4. The summed E-state index contributed by atoms with van der Waals surface area (Å²) >= 11 is 1.73. The van der Waals surface area contributed by atoms with Crippen LogP contribution in [-0.2, 0) is 26.3 Å². The molecule has 5 heteroatoms. The number of nitrogens with zero attached hydrogens (tertiary/aromatic N) is 2. The second-order valence-electron chi connectivity index (χ2n) is 6.41. The molecular weight excluding hydrogens is 320 g/mol. The van der Waals surface area contributed by atoms with E-state index in [1.807, 2.05) is 30.1 Å². The molecule has 0 radical (unpaired) electrons. The molecule has 3 heterocycles. The first-order chi connectivity index (χ1) is 11.7. The van der Waals surface area contributed by atoms with Gasteiger partial charge in [0.1, 0.15) is 11.5 Å². The zero-order valence-corrected chi connectivity index (χ0v) is 14.6. The van der Waals surface area contributed by atoms with E-state index in [0.29, 0.717) is 0 Å². The van der Waals surface area contributed by atoms with Gasteiger partial charge in [0.15, 0.2) is 5.06 Å². The van der Waals surface area contributed by atoms with Crippen molar-refractivity contribution in [2.24, 2.45) is 7.05 Å². The van der Waals surface area contributed by atoms with Crippen molar-refractivity contribution < 1.29 is 9.47 Å². The van der Waals surface area contributed by atoms with Crippen molar-refractivity contribution in [3.05, 3.63) is 46.0 Å². The second kappa shape index (κ2) is 5.11. The lowest BCUT2D eigenvalue weighted by atomic mass is 9.92. The maximum absolute atomic E-state index is 6.30. The number of benzene rings is 1. The first-order valence-electron chi connectivity index (χ1n) is 8.28. The highest BCUT2D eigenvalue weighted by atomic mass is 32.1. The van der Waals surface area contributed by atoms with Crippen LogP contribution in [0.2, 0.25) is 0 Å². The topological polar surface area (TPSA) is 36.3 Å². The van der Waals surface area contributed by atoms with Crippen molar-refractivity contribution in [2.45, 2.75) is 26.2 Å². The Morgan fingerprint density at radius 2 is 2.12 bits per heavy atom. The number of aryl methyl sites for hydroxylation is 3. The summed E-state index contributed by atoms with van der Waals surface area (Å²) in [5.41, 5.74) is 6.40. The molecular formula is C19H18N2O2S. The van der Waals surface area contributed by atoms with Crippen LogP contribution in [-0.4, -0.2) is 16.4 Å². The SMILES string of the molecule is Cc1sc(Oc2ccc3c(c2)OCC3)c2c1CCc1cnn(C)c1-2. The molecule has 0 amide bonds. The highest BCUT2D eigenvalue weighted by Crippen LogP contribution is 2.48. The number of hydrogen-bond donors (Lipinski definition) is 0. The van der Waals surface area contributed by atoms with Crippen molar-refractivity contribution in [3.8, 4) is 27.8 Å². The Morgan fingerprint density at radius 3 is 3.04 bits per heavy atom. The van der Waals surface area contributed by atoms with Gasteiger partial charge < -0.3 is 9.47 Å². The molecule has 0 atom stereocenters. The van der Waals surface area contributed by atoms with E-state index in [0.717, 1.165) is 42.4 Å². The van der Waals surface area contributed by atoms with Crippen LogP contribution in [0.3, 0.4) is 0 Å². The minimum absolute atomic E-state index is 0.769. The fourth-order valence-electron chi connectivity index (χ4n) is 3.73. The van der Waals surface area contributed by atoms with Crippen LogP contribution in [0.4, 0.5) is 0 Å². The molecule has 0 bridgehead atoms. The fourth-order valence-corrected chi connectivity index (χ4v) is 4.79. The summed E-state index contributed by atoms with van der Waals surface area (Å²) in [6.45, 7) is 2.95. The summed E-state index contributed by atoms with van der Waals surface area (Å²) in [4.78, 5) is 1.34. The van der Waals surface area contributed by atoms with E-state index in [2.05, 4.69) is 18.1 Å². The lowest BCUT2D eigenvalue weighted by molar-refractivity contribution is 0.355. The molecule has 2 aromatic heterocycles. The average Bonchev–Trinajstić information content (AvgIpc) is 3.26. The van der Waals surface area contributed by atoms with E-state index < -0.39 is 0 Å². The van der Waals surface area contributed by atoms with E-state index >= 15 is 0 Å². The summed E-state index contributed by atoms with van der Waals surface area (Å²) in [5.74, 6) is 1.80. The van der Waals surface area contributed by atoms with E-state index in [1.165, 1.54) is 32.8 Å². The molecule has 122 valence electrons. The predicted octanol–water partition coefficient (Wildman–Crippen LogP) is 4.28. The molecule has 0 fully saturated rings. The predicted molar refractivity (Wildman–Crippen MR) is 94.4 cm³/mol. The second-order valence-corrected chi connectivity index (χ2v) is 7.60. The van der Waals surface area contributed by atoms with Gasteiger partial charge in [-0.25, -0.2) is 0 Å². The Bertz CT molecular complexity index is 955. The highest BCUT2D eigenvalue weighted by molar-refractivity contribution is 7.14. The molecule has 0 saturated heterocycles. The summed E-state index contributed by atoms with van der Waals surface area (Å²) in [5, 5.41) is 5.41. The number of ether oxygens (including phenoxy) is 2. The molecule has 0 spiro atoms. The Morgan fingerprint density at radius 1 is 1.21 bits per heavy atom. The number of thiophene rings is 1. The number of fused-ring (bicyclic) bond motifs is 4. The van der Waals surface area contributed by atoms with Gasteiger partial charge in [-0.15, -0.1) is 11.3 Å². The zero-order chi connectivity index (χ0) is 16.3. The molecule has 0 unspecified atom stereocenters. The van der Waals surface area contributed by atoms with Crippen molar-refractivity contribution >= 4 is 11.3 Å². The molecule has 3 aromatic rings. The molecule has 1 aliphatic heterocycles. The minimum Gasteiger partial charge on any atom is -0.493 e. The van der Waals surface area contributed by atoms with Gasteiger partial charge >= 0.3 is 0 Å². The van der Waals surface area contributed by atoms with Crippen molar-refractivity contribution in [1.29, 1.82) is 0 Å². The van der Waals surface area contributed by atoms with Gasteiger partial charge in [0.2, 0.25) is 0 Å². The van der Waals surface area contributed by atoms with Crippen LogP contribution >= 0.6 is 11.3 Å². The zero-order valence-electron chi connectivity index (χ0n) is 13.8. The van der Waals surface area contributed by atoms with E-state index in [9.17, 15) is 0 Å². The fraction of sp³-hybridized carbons (Fsp3) is 0.316. The average molecular weight is 338 g/mol. The van der Waals surface area contributed by atoms with Crippen LogP contribution in [0, 0.1) is 6.92 Å². The largest absolute Gasteiger partial charge is 0.493 e. The van der Waals surface area contributed by atoms with Crippen LogP contribution in [0.5, 0.6) is 16.6 Å². The van der Waals surface area contributed by atoms with Gasteiger partial charge in [-0.1, -0.05) is 6.07 Å². The van der Waals surface area contributed by atoms with E-state index in [4.69, 9.17) is 9.47 Å². The minimum atomic E-state index is 0.769.